The molecule has 0 bridgehead atoms. The van der Waals surface area contributed by atoms with Gasteiger partial charge < -0.3 is 9.47 Å². The van der Waals surface area contributed by atoms with Crippen molar-refractivity contribution in [3.05, 3.63) is 133 Å². The molecular weight excluding hydrogens is 669 g/mol. The molecule has 0 aliphatic heterocycles. The first-order chi connectivity index (χ1) is 24.2. The Morgan fingerprint density at radius 3 is 1.06 bits per heavy atom. The van der Waals surface area contributed by atoms with Crippen LogP contribution in [0.4, 0.5) is 11.4 Å². The van der Waals surface area contributed by atoms with Gasteiger partial charge in [0.2, 0.25) is 0 Å². The van der Waals surface area contributed by atoms with Crippen LogP contribution in [0.25, 0.3) is 21.5 Å². The van der Waals surface area contributed by atoms with Gasteiger partial charge in [-0.2, -0.15) is 0 Å². The van der Waals surface area contributed by atoms with Crippen molar-refractivity contribution in [2.24, 2.45) is 0 Å². The number of benzene rings is 6. The van der Waals surface area contributed by atoms with Crippen LogP contribution in [0.15, 0.2) is 143 Å². The molecule has 0 atom stereocenters. The van der Waals surface area contributed by atoms with E-state index in [0.29, 0.717) is 22.9 Å². The third-order valence-corrected chi connectivity index (χ3v) is 11.0. The van der Waals surface area contributed by atoms with Crippen LogP contribution in [0, 0.1) is 0 Å². The summed E-state index contributed by atoms with van der Waals surface area (Å²) >= 11 is 0. The first-order valence-electron chi connectivity index (χ1n) is 16.5. The van der Waals surface area contributed by atoms with E-state index >= 15 is 0 Å². The van der Waals surface area contributed by atoms with Gasteiger partial charge in [-0.15, -0.1) is 0 Å². The van der Waals surface area contributed by atoms with E-state index in [9.17, 15) is 16.8 Å². The Balaban J connectivity index is 0.000000167. The van der Waals surface area contributed by atoms with E-state index in [2.05, 4.69) is 9.44 Å². The number of rotatable bonds is 8. The second-order valence-electron chi connectivity index (χ2n) is 11.8. The molecule has 7 rings (SSSR count). The molecule has 6 aromatic rings. The van der Waals surface area contributed by atoms with Crippen molar-refractivity contribution in [3.8, 4) is 11.5 Å². The summed E-state index contributed by atoms with van der Waals surface area (Å²) < 4.78 is 65.1. The third kappa shape index (κ3) is 9.99. The molecule has 8 nitrogen and oxygen atoms in total. The largest absolute Gasteiger partial charge is 0.497 e. The number of methoxy groups -OCH3 is 2. The minimum absolute atomic E-state index is 0.238. The predicted molar refractivity (Wildman–Crippen MR) is 203 cm³/mol. The summed E-state index contributed by atoms with van der Waals surface area (Å²) in [6.07, 6.45) is 9.00. The molecule has 50 heavy (non-hydrogen) atoms. The molecule has 0 unspecified atom stereocenters. The van der Waals surface area contributed by atoms with Crippen molar-refractivity contribution in [1.29, 1.82) is 0 Å². The Kier molecular flexibility index (Phi) is 12.4. The molecule has 0 heterocycles. The van der Waals surface area contributed by atoms with Crippen molar-refractivity contribution < 1.29 is 26.3 Å². The van der Waals surface area contributed by atoms with Gasteiger partial charge in [-0.05, 0) is 94.3 Å². The molecule has 1 fully saturated rings. The summed E-state index contributed by atoms with van der Waals surface area (Å²) in [5, 5.41) is 3.79. The summed E-state index contributed by atoms with van der Waals surface area (Å²) in [6, 6.07) is 38.9. The molecule has 1 aliphatic rings. The molecule has 0 aromatic heterocycles. The monoisotopic (exact) mass is 710 g/mol. The van der Waals surface area contributed by atoms with Crippen LogP contribution >= 0.6 is 0 Å². The zero-order chi connectivity index (χ0) is 35.4. The van der Waals surface area contributed by atoms with E-state index in [4.69, 9.17) is 9.47 Å². The van der Waals surface area contributed by atoms with Crippen molar-refractivity contribution in [2.75, 3.05) is 23.7 Å². The highest BCUT2D eigenvalue weighted by atomic mass is 32.2. The van der Waals surface area contributed by atoms with Crippen LogP contribution in [0.5, 0.6) is 11.5 Å². The fraction of sp³-hybridized carbons (Fsp3) is 0.200. The second-order valence-corrected chi connectivity index (χ2v) is 15.2. The minimum atomic E-state index is -3.62. The van der Waals surface area contributed by atoms with Crippen LogP contribution in [0.1, 0.15) is 38.5 Å². The van der Waals surface area contributed by atoms with Crippen LogP contribution in [0.2, 0.25) is 0 Å². The highest BCUT2D eigenvalue weighted by Crippen LogP contribution is 2.24. The summed E-state index contributed by atoms with van der Waals surface area (Å²) in [6.45, 7) is 0. The van der Waals surface area contributed by atoms with Crippen molar-refractivity contribution in [1.82, 2.24) is 0 Å². The zero-order valence-corrected chi connectivity index (χ0v) is 29.8. The predicted octanol–water partition coefficient (Wildman–Crippen LogP) is 9.64. The molecule has 0 saturated heterocycles. The number of ether oxygens (including phenoxy) is 2. The molecule has 6 aromatic carbocycles. The average molecular weight is 711 g/mol. The van der Waals surface area contributed by atoms with Crippen LogP contribution in [-0.2, 0) is 20.0 Å². The molecule has 1 aliphatic carbocycles. The lowest BCUT2D eigenvalue weighted by Crippen LogP contribution is -2.12. The normalized spacial score (nSPS) is 12.8. The van der Waals surface area contributed by atoms with Crippen molar-refractivity contribution in [2.45, 2.75) is 48.3 Å². The van der Waals surface area contributed by atoms with Gasteiger partial charge in [-0.25, -0.2) is 16.8 Å². The Bertz CT molecular complexity index is 2050. The van der Waals surface area contributed by atoms with Gasteiger partial charge in [-0.3, -0.25) is 9.44 Å². The average Bonchev–Trinajstić information content (AvgIpc) is 3.16. The number of nitrogens with one attached hydrogen (secondary N) is 2. The zero-order valence-electron chi connectivity index (χ0n) is 28.2. The summed E-state index contributed by atoms with van der Waals surface area (Å²) in [7, 11) is -4.10. The van der Waals surface area contributed by atoms with E-state index in [0.717, 1.165) is 21.5 Å². The van der Waals surface area contributed by atoms with E-state index < -0.39 is 20.0 Å². The third-order valence-electron chi connectivity index (χ3n) is 8.25. The molecular formula is C40H42N2O6S2. The maximum atomic E-state index is 12.5. The number of sulfonamides is 2. The van der Waals surface area contributed by atoms with Crippen molar-refractivity contribution >= 4 is 53.0 Å². The summed E-state index contributed by atoms with van der Waals surface area (Å²) in [5.41, 5.74) is 0.989. The number of fused-ring (bicyclic) bond motifs is 2. The lowest BCUT2D eigenvalue weighted by Gasteiger charge is -2.09. The van der Waals surface area contributed by atoms with E-state index in [1.165, 1.54) is 38.5 Å². The van der Waals surface area contributed by atoms with Crippen LogP contribution in [0.3, 0.4) is 0 Å². The molecule has 1 saturated carbocycles. The quantitative estimate of drug-likeness (QED) is 0.163. The number of hydrogen-bond acceptors (Lipinski definition) is 6. The fourth-order valence-corrected chi connectivity index (χ4v) is 7.66. The summed E-state index contributed by atoms with van der Waals surface area (Å²) in [5.74, 6) is 1.35. The van der Waals surface area contributed by atoms with Gasteiger partial charge in [0.15, 0.2) is 0 Å². The standard InChI is InChI=1S/2C17H15NO3S.C6H12/c2*1-21-16-9-7-15(8-10-16)18-22(19,20)17-11-6-13-4-2-3-5-14(13)12-17;1-2-4-6-5-3-1/h2*2-12,18H,1H3;1-6H2. The fourth-order valence-electron chi connectivity index (χ4n) is 5.48. The summed E-state index contributed by atoms with van der Waals surface area (Å²) in [4.78, 5) is 0.476. The SMILES string of the molecule is C1CCCCC1.COc1ccc(NS(=O)(=O)c2ccc3ccccc3c2)cc1.COc1ccc(NS(=O)(=O)c2ccc3ccccc3c2)cc1. The maximum absolute atomic E-state index is 12.5. The van der Waals surface area contributed by atoms with Gasteiger partial charge in [0.05, 0.1) is 24.0 Å². The molecule has 0 amide bonds. The van der Waals surface area contributed by atoms with E-state index in [-0.39, 0.29) is 9.79 Å². The lowest BCUT2D eigenvalue weighted by molar-refractivity contribution is 0.415. The molecule has 10 heteroatoms. The second kappa shape index (κ2) is 17.0. The highest BCUT2D eigenvalue weighted by molar-refractivity contribution is 7.93. The lowest BCUT2D eigenvalue weighted by atomic mass is 10.0. The van der Waals surface area contributed by atoms with Gasteiger partial charge in [0.1, 0.15) is 11.5 Å². The Hall–Kier alpha value is -5.06. The first kappa shape index (κ1) is 36.2. The maximum Gasteiger partial charge on any atom is 0.261 e. The molecule has 2 N–H and O–H groups in total. The van der Waals surface area contributed by atoms with Gasteiger partial charge in [-0.1, -0.05) is 99.2 Å². The topological polar surface area (TPSA) is 111 Å². The highest BCUT2D eigenvalue weighted by Gasteiger charge is 2.16. The Morgan fingerprint density at radius 2 is 0.740 bits per heavy atom. The number of anilines is 2. The van der Waals surface area contributed by atoms with Crippen LogP contribution < -0.4 is 18.9 Å². The van der Waals surface area contributed by atoms with Gasteiger partial charge >= 0.3 is 0 Å². The molecule has 0 radical (unpaired) electrons. The molecule has 260 valence electrons. The Morgan fingerprint density at radius 1 is 0.420 bits per heavy atom. The first-order valence-corrected chi connectivity index (χ1v) is 19.4. The van der Waals surface area contributed by atoms with Gasteiger partial charge in [0, 0.05) is 11.4 Å². The minimum Gasteiger partial charge on any atom is -0.497 e. The van der Waals surface area contributed by atoms with Gasteiger partial charge in [0.25, 0.3) is 20.0 Å². The van der Waals surface area contributed by atoms with E-state index in [1.54, 1.807) is 99.1 Å². The Labute approximate surface area is 295 Å². The van der Waals surface area contributed by atoms with E-state index in [1.807, 2.05) is 48.5 Å². The smallest absolute Gasteiger partial charge is 0.261 e. The van der Waals surface area contributed by atoms with Crippen molar-refractivity contribution in [3.63, 3.8) is 0 Å². The van der Waals surface area contributed by atoms with Crippen LogP contribution in [-0.4, -0.2) is 31.1 Å². The number of hydrogen-bond donors (Lipinski definition) is 2. The molecule has 0 spiro atoms.